The third-order valence-electron chi connectivity index (χ3n) is 14.0. The highest BCUT2D eigenvalue weighted by Crippen LogP contribution is 2.83. The van der Waals surface area contributed by atoms with Crippen molar-refractivity contribution in [1.29, 1.82) is 0 Å². The Kier molecular flexibility index (Phi) is 4.50. The van der Waals surface area contributed by atoms with Crippen LogP contribution in [0.2, 0.25) is 0 Å². The van der Waals surface area contributed by atoms with E-state index in [1.54, 1.807) is 0 Å². The topological polar surface area (TPSA) is 70.1 Å². The molecule has 6 rings (SSSR count). The molecule has 4 heteroatoms. The molecule has 6 fully saturated rings. The van der Waals surface area contributed by atoms with E-state index in [-0.39, 0.29) is 50.8 Å². The molecule has 1 heterocycles. The average molecular weight is 473 g/mol. The zero-order chi connectivity index (χ0) is 24.7. The first-order chi connectivity index (χ1) is 15.6. The molecule has 2 N–H and O–H groups in total. The predicted octanol–water partition coefficient (Wildman–Crippen LogP) is 6.44. The van der Waals surface area contributed by atoms with Gasteiger partial charge in [-0.05, 0) is 97.7 Å². The summed E-state index contributed by atoms with van der Waals surface area (Å²) >= 11 is 0. The molecular weight excluding hydrogens is 424 g/mol. The highest BCUT2D eigenvalue weighted by Gasteiger charge is 2.85. The second-order valence-electron chi connectivity index (χ2n) is 15.8. The van der Waals surface area contributed by atoms with Crippen LogP contribution in [-0.2, 0) is 9.53 Å². The first-order valence-electron chi connectivity index (χ1n) is 14.2. The number of aliphatic hydroxyl groups excluding tert-OH is 1. The van der Waals surface area contributed by atoms with Gasteiger partial charge in [-0.25, -0.2) is 0 Å². The summed E-state index contributed by atoms with van der Waals surface area (Å²) in [5.74, 6) is 0.666. The molecule has 192 valence electrons. The molecule has 1 aliphatic heterocycles. The highest BCUT2D eigenvalue weighted by molar-refractivity contribution is 5.76. The molecule has 0 aromatic heterocycles. The lowest BCUT2D eigenvalue weighted by Crippen LogP contribution is -2.71. The number of carbonyl (C=O) groups is 1. The van der Waals surface area contributed by atoms with Gasteiger partial charge in [0.15, 0.2) is 0 Å². The normalized spacial score (nSPS) is 58.9. The van der Waals surface area contributed by atoms with Crippen molar-refractivity contribution < 1.29 is 19.7 Å². The fourth-order valence-corrected chi connectivity index (χ4v) is 11.8. The molecule has 10 atom stereocenters. The number of hydrogen-bond donors (Lipinski definition) is 2. The predicted molar refractivity (Wildman–Crippen MR) is 132 cm³/mol. The molecule has 0 aromatic carbocycles. The first-order valence-corrected chi connectivity index (χ1v) is 14.2. The van der Waals surface area contributed by atoms with Crippen molar-refractivity contribution in [1.82, 2.24) is 0 Å². The van der Waals surface area contributed by atoms with E-state index in [4.69, 9.17) is 4.74 Å². The summed E-state index contributed by atoms with van der Waals surface area (Å²) in [7, 11) is 0. The highest BCUT2D eigenvalue weighted by atomic mass is 16.6. The maximum absolute atomic E-state index is 12.9. The zero-order valence-electron chi connectivity index (χ0n) is 22.7. The monoisotopic (exact) mass is 472 g/mol. The number of carboxylic acid groups (broad SMARTS) is 1. The zero-order valence-corrected chi connectivity index (χ0v) is 22.7. The van der Waals surface area contributed by atoms with E-state index in [1.807, 2.05) is 0 Å². The Balaban J connectivity index is 1.45. The molecule has 1 saturated heterocycles. The van der Waals surface area contributed by atoms with E-state index < -0.39 is 11.4 Å². The Morgan fingerprint density at radius 1 is 0.824 bits per heavy atom. The summed E-state index contributed by atoms with van der Waals surface area (Å²) in [5, 5.41) is 21.5. The number of aliphatic carboxylic acids is 1. The molecule has 34 heavy (non-hydrogen) atoms. The van der Waals surface area contributed by atoms with E-state index >= 15 is 0 Å². The Hall–Kier alpha value is -0.610. The number of hydrogen-bond acceptors (Lipinski definition) is 3. The van der Waals surface area contributed by atoms with Gasteiger partial charge >= 0.3 is 5.97 Å². The van der Waals surface area contributed by atoms with E-state index in [0.717, 1.165) is 51.4 Å². The maximum atomic E-state index is 12.9. The summed E-state index contributed by atoms with van der Waals surface area (Å²) in [6.07, 6.45) is 10.0. The van der Waals surface area contributed by atoms with E-state index in [2.05, 4.69) is 48.5 Å². The molecule has 0 amide bonds. The van der Waals surface area contributed by atoms with Crippen LogP contribution in [0.3, 0.4) is 0 Å². The Morgan fingerprint density at radius 3 is 2.18 bits per heavy atom. The quantitative estimate of drug-likeness (QED) is 0.431. The molecule has 10 unspecified atom stereocenters. The number of aliphatic hydroxyl groups is 1. The lowest BCUT2D eigenvalue weighted by atomic mass is 9.31. The van der Waals surface area contributed by atoms with Crippen molar-refractivity contribution in [2.24, 2.45) is 50.2 Å². The Labute approximate surface area is 206 Å². The van der Waals surface area contributed by atoms with Crippen LogP contribution in [0.1, 0.15) is 113 Å². The lowest BCUT2D eigenvalue weighted by molar-refractivity contribution is -0.245. The summed E-state index contributed by atoms with van der Waals surface area (Å²) in [5.41, 5.74) is -0.367. The number of epoxide rings is 1. The summed E-state index contributed by atoms with van der Waals surface area (Å²) in [6.45, 7) is 16.9. The van der Waals surface area contributed by atoms with Crippen LogP contribution in [0.5, 0.6) is 0 Å². The molecule has 5 aliphatic carbocycles. The minimum atomic E-state index is -0.606. The van der Waals surface area contributed by atoms with Gasteiger partial charge in [-0.2, -0.15) is 0 Å². The third kappa shape index (κ3) is 2.42. The Bertz CT molecular complexity index is 925. The first kappa shape index (κ1) is 23.8. The second kappa shape index (κ2) is 6.44. The number of fused-ring (bicyclic) bond motifs is 5. The SMILES string of the molecule is CC1(C)CCC2(C(=O)O)CCC3(C)C4(C)CCC5C(C)(C)C(O)CCC5(C)C4CC4OC43C2C1. The molecular formula is C30H48O4. The summed E-state index contributed by atoms with van der Waals surface area (Å²) < 4.78 is 6.95. The molecule has 0 aromatic rings. The van der Waals surface area contributed by atoms with Gasteiger partial charge in [-0.1, -0.05) is 48.5 Å². The van der Waals surface area contributed by atoms with Gasteiger partial charge in [-0.15, -0.1) is 0 Å². The van der Waals surface area contributed by atoms with Gasteiger partial charge in [0.25, 0.3) is 0 Å². The van der Waals surface area contributed by atoms with E-state index in [9.17, 15) is 15.0 Å². The van der Waals surface area contributed by atoms with Crippen LogP contribution in [0, 0.1) is 50.2 Å². The van der Waals surface area contributed by atoms with Crippen molar-refractivity contribution in [3.63, 3.8) is 0 Å². The average Bonchev–Trinajstić information content (AvgIpc) is 3.47. The van der Waals surface area contributed by atoms with Crippen LogP contribution in [0.25, 0.3) is 0 Å². The summed E-state index contributed by atoms with van der Waals surface area (Å²) in [4.78, 5) is 12.9. The van der Waals surface area contributed by atoms with Gasteiger partial charge < -0.3 is 14.9 Å². The molecule has 1 spiro atoms. The van der Waals surface area contributed by atoms with Crippen LogP contribution in [0.15, 0.2) is 0 Å². The largest absolute Gasteiger partial charge is 0.481 e. The van der Waals surface area contributed by atoms with Crippen molar-refractivity contribution in [3.8, 4) is 0 Å². The fourth-order valence-electron chi connectivity index (χ4n) is 11.8. The molecule has 4 nitrogen and oxygen atoms in total. The van der Waals surface area contributed by atoms with Gasteiger partial charge in [-0.3, -0.25) is 4.79 Å². The van der Waals surface area contributed by atoms with Crippen molar-refractivity contribution in [2.75, 3.05) is 0 Å². The minimum absolute atomic E-state index is 0.0127. The van der Waals surface area contributed by atoms with Gasteiger partial charge in [0, 0.05) is 11.3 Å². The number of rotatable bonds is 1. The van der Waals surface area contributed by atoms with Crippen LogP contribution in [-0.4, -0.2) is 34.0 Å². The van der Waals surface area contributed by atoms with Gasteiger partial charge in [0.05, 0.1) is 17.6 Å². The lowest BCUT2D eigenvalue weighted by Gasteiger charge is -2.72. The van der Waals surface area contributed by atoms with Gasteiger partial charge in [0.2, 0.25) is 0 Å². The van der Waals surface area contributed by atoms with Crippen molar-refractivity contribution in [3.05, 3.63) is 0 Å². The number of ether oxygens (including phenoxy) is 1. The van der Waals surface area contributed by atoms with Gasteiger partial charge in [0.1, 0.15) is 5.60 Å². The molecule has 6 aliphatic rings. The fraction of sp³-hybridized carbons (Fsp3) is 0.967. The smallest absolute Gasteiger partial charge is 0.310 e. The van der Waals surface area contributed by atoms with Crippen molar-refractivity contribution >= 4 is 5.97 Å². The summed E-state index contributed by atoms with van der Waals surface area (Å²) in [6, 6.07) is 0. The standard InChI is InChI=1S/C30H48O4/c1-24(2)12-14-29(23(32)33)15-13-28(7)27(6)11-8-18-25(3,4)21(31)9-10-26(18,5)19(27)16-22-30(28,34-22)20(29)17-24/h18-22,31H,8-17H2,1-7H3,(H,32,33). The minimum Gasteiger partial charge on any atom is -0.481 e. The van der Waals surface area contributed by atoms with E-state index in [1.165, 1.54) is 12.8 Å². The van der Waals surface area contributed by atoms with Crippen molar-refractivity contribution in [2.45, 2.75) is 130 Å². The Morgan fingerprint density at radius 2 is 1.50 bits per heavy atom. The van der Waals surface area contributed by atoms with Crippen LogP contribution < -0.4 is 0 Å². The van der Waals surface area contributed by atoms with Crippen LogP contribution >= 0.6 is 0 Å². The maximum Gasteiger partial charge on any atom is 0.310 e. The third-order valence-corrected chi connectivity index (χ3v) is 14.0. The molecule has 0 bridgehead atoms. The van der Waals surface area contributed by atoms with Crippen LogP contribution in [0.4, 0.5) is 0 Å². The van der Waals surface area contributed by atoms with E-state index in [0.29, 0.717) is 11.8 Å². The molecule has 5 saturated carbocycles. The second-order valence-corrected chi connectivity index (χ2v) is 15.8. The molecule has 0 radical (unpaired) electrons. The number of carboxylic acids is 1.